The molecule has 5 rings (SSSR count). The Balaban J connectivity index is 1.16. The zero-order chi connectivity index (χ0) is 26.5. The van der Waals surface area contributed by atoms with Crippen molar-refractivity contribution < 1.29 is 19.5 Å². The molecule has 1 heterocycles. The van der Waals surface area contributed by atoms with E-state index in [9.17, 15) is 19.5 Å². The van der Waals surface area contributed by atoms with Crippen molar-refractivity contribution in [1.82, 2.24) is 15.5 Å². The molecule has 194 valence electrons. The lowest BCUT2D eigenvalue weighted by Crippen LogP contribution is -2.42. The Morgan fingerprint density at radius 1 is 0.658 bits per heavy atom. The number of carboxylic acid groups (broad SMARTS) is 1. The molecule has 1 aliphatic rings. The number of rotatable bonds is 8. The highest BCUT2D eigenvalue weighted by molar-refractivity contribution is 5.90. The van der Waals surface area contributed by atoms with Crippen molar-refractivity contribution in [3.8, 4) is 0 Å². The lowest BCUT2D eigenvalue weighted by atomic mass is 9.94. The minimum absolute atomic E-state index is 0.0138. The van der Waals surface area contributed by atoms with Gasteiger partial charge in [0.15, 0.2) is 0 Å². The van der Waals surface area contributed by atoms with Crippen LogP contribution in [0.3, 0.4) is 0 Å². The van der Waals surface area contributed by atoms with Crippen LogP contribution in [0.1, 0.15) is 11.1 Å². The fourth-order valence-electron chi connectivity index (χ4n) is 5.20. The average molecular weight is 510 g/mol. The third-order valence-corrected chi connectivity index (χ3v) is 7.32. The number of nitrogens with one attached hydrogen (secondary N) is 2. The number of likely N-dealkylation sites (tertiary alicyclic amines) is 1. The Hall–Kier alpha value is -4.39. The second-order valence-corrected chi connectivity index (χ2v) is 9.85. The highest BCUT2D eigenvalue weighted by Crippen LogP contribution is 2.24. The van der Waals surface area contributed by atoms with Gasteiger partial charge in [-0.1, -0.05) is 84.9 Å². The number of hydrogen-bond acceptors (Lipinski definition) is 3. The molecule has 7 nitrogen and oxygen atoms in total. The Bertz CT molecular complexity index is 1380. The highest BCUT2D eigenvalue weighted by atomic mass is 16.4. The molecule has 0 aromatic heterocycles. The van der Waals surface area contributed by atoms with Gasteiger partial charge < -0.3 is 20.6 Å². The first-order chi connectivity index (χ1) is 18.5. The second kappa shape index (κ2) is 11.3. The van der Waals surface area contributed by atoms with E-state index < -0.39 is 17.9 Å². The van der Waals surface area contributed by atoms with Crippen LogP contribution in [0.4, 0.5) is 4.79 Å². The third-order valence-electron chi connectivity index (χ3n) is 7.32. The molecule has 1 saturated heterocycles. The quantitative estimate of drug-likeness (QED) is 0.331. The van der Waals surface area contributed by atoms with E-state index in [-0.39, 0.29) is 24.9 Å². The summed E-state index contributed by atoms with van der Waals surface area (Å²) in [6.07, 6.45) is 0.175. The van der Waals surface area contributed by atoms with Crippen molar-refractivity contribution in [1.29, 1.82) is 0 Å². The van der Waals surface area contributed by atoms with Gasteiger partial charge in [0, 0.05) is 26.2 Å². The van der Waals surface area contributed by atoms with Gasteiger partial charge in [0.05, 0.1) is 11.8 Å². The van der Waals surface area contributed by atoms with Crippen LogP contribution in [-0.2, 0) is 22.4 Å². The first kappa shape index (κ1) is 25.3. The van der Waals surface area contributed by atoms with E-state index in [0.29, 0.717) is 25.9 Å². The van der Waals surface area contributed by atoms with E-state index in [1.165, 1.54) is 0 Å². The number of fused-ring (bicyclic) bond motifs is 2. The number of benzene rings is 4. The van der Waals surface area contributed by atoms with Gasteiger partial charge in [0.2, 0.25) is 11.8 Å². The maximum atomic E-state index is 13.0. The molecular weight excluding hydrogens is 478 g/mol. The summed E-state index contributed by atoms with van der Waals surface area (Å²) >= 11 is 0. The summed E-state index contributed by atoms with van der Waals surface area (Å²) in [6.45, 7) is 0.855. The maximum absolute atomic E-state index is 13.0. The maximum Gasteiger partial charge on any atom is 0.407 e. The normalized spacial score (nSPS) is 17.0. The molecule has 1 fully saturated rings. The van der Waals surface area contributed by atoms with Gasteiger partial charge >= 0.3 is 6.09 Å². The summed E-state index contributed by atoms with van der Waals surface area (Å²) in [5.41, 5.74) is 2.20. The lowest BCUT2D eigenvalue weighted by molar-refractivity contribution is -0.132. The minimum atomic E-state index is -1.12. The lowest BCUT2D eigenvalue weighted by Gasteiger charge is -2.17. The van der Waals surface area contributed by atoms with Gasteiger partial charge in [0.1, 0.15) is 0 Å². The molecule has 0 saturated carbocycles. The van der Waals surface area contributed by atoms with Gasteiger partial charge in [-0.2, -0.15) is 0 Å². The standard InChI is InChI=1S/C31H31N3O4/c35-29(32-15-13-21-9-11-23-5-1-3-7-25(23)17-21)27-19-34(31(37)38)20-28(27)30(36)33-16-14-22-10-12-24-6-2-4-8-26(24)18-22/h1-12,17-18,27-28H,13-16,19-20H2,(H,32,35)(H,33,36)(H,37,38)/t27-,28-/m0/s1. The summed E-state index contributed by atoms with van der Waals surface area (Å²) < 4.78 is 0. The molecule has 7 heteroatoms. The largest absolute Gasteiger partial charge is 0.465 e. The highest BCUT2D eigenvalue weighted by Gasteiger charge is 2.43. The van der Waals surface area contributed by atoms with E-state index in [0.717, 1.165) is 37.6 Å². The van der Waals surface area contributed by atoms with Crippen molar-refractivity contribution >= 4 is 39.5 Å². The van der Waals surface area contributed by atoms with Gasteiger partial charge in [-0.3, -0.25) is 9.59 Å². The Labute approximate surface area is 221 Å². The molecule has 3 amide bonds. The molecule has 0 bridgehead atoms. The van der Waals surface area contributed by atoms with E-state index >= 15 is 0 Å². The van der Waals surface area contributed by atoms with Gasteiger partial charge in [-0.15, -0.1) is 0 Å². The monoisotopic (exact) mass is 509 g/mol. The zero-order valence-electron chi connectivity index (χ0n) is 21.1. The SMILES string of the molecule is O=C(NCCc1ccc2ccccc2c1)[C@H]1CN(C(=O)O)C[C@@H]1C(=O)NCCc1ccc2ccccc2c1. The van der Waals surface area contributed by atoms with E-state index in [1.807, 2.05) is 36.4 Å². The fraction of sp³-hybridized carbons (Fsp3) is 0.258. The van der Waals surface area contributed by atoms with Gasteiger partial charge in [0.25, 0.3) is 0 Å². The predicted molar refractivity (Wildman–Crippen MR) is 148 cm³/mol. The van der Waals surface area contributed by atoms with Gasteiger partial charge in [-0.25, -0.2) is 4.79 Å². The van der Waals surface area contributed by atoms with Crippen molar-refractivity contribution in [3.63, 3.8) is 0 Å². The minimum Gasteiger partial charge on any atom is -0.465 e. The van der Waals surface area contributed by atoms with Crippen molar-refractivity contribution in [2.45, 2.75) is 12.8 Å². The van der Waals surface area contributed by atoms with Crippen LogP contribution < -0.4 is 10.6 Å². The molecule has 0 aliphatic carbocycles. The number of carbonyl (C=O) groups is 3. The third kappa shape index (κ3) is 5.78. The molecule has 4 aromatic carbocycles. The summed E-state index contributed by atoms with van der Waals surface area (Å²) in [5, 5.41) is 20.0. The summed E-state index contributed by atoms with van der Waals surface area (Å²) in [6, 6.07) is 28.6. The van der Waals surface area contributed by atoms with Crippen LogP contribution in [-0.4, -0.2) is 54.1 Å². The van der Waals surface area contributed by atoms with Crippen LogP contribution in [0.2, 0.25) is 0 Å². The van der Waals surface area contributed by atoms with Crippen LogP contribution in [0.25, 0.3) is 21.5 Å². The average Bonchev–Trinajstić information content (AvgIpc) is 3.39. The Morgan fingerprint density at radius 3 is 1.50 bits per heavy atom. The molecule has 38 heavy (non-hydrogen) atoms. The topological polar surface area (TPSA) is 98.7 Å². The smallest absolute Gasteiger partial charge is 0.407 e. The van der Waals surface area contributed by atoms with E-state index in [2.05, 4.69) is 59.2 Å². The Kier molecular flexibility index (Phi) is 7.54. The van der Waals surface area contributed by atoms with Crippen LogP contribution >= 0.6 is 0 Å². The number of amides is 3. The molecule has 2 atom stereocenters. The molecule has 1 aliphatic heterocycles. The van der Waals surface area contributed by atoms with E-state index in [1.54, 1.807) is 0 Å². The number of nitrogens with zero attached hydrogens (tertiary/aromatic N) is 1. The molecular formula is C31H31N3O4. The Morgan fingerprint density at radius 2 is 1.08 bits per heavy atom. The molecule has 0 radical (unpaired) electrons. The van der Waals surface area contributed by atoms with Crippen molar-refractivity contribution in [2.24, 2.45) is 11.8 Å². The van der Waals surface area contributed by atoms with Crippen LogP contribution in [0.15, 0.2) is 84.9 Å². The van der Waals surface area contributed by atoms with Crippen LogP contribution in [0, 0.1) is 11.8 Å². The molecule has 4 aromatic rings. The fourth-order valence-corrected chi connectivity index (χ4v) is 5.20. The zero-order valence-corrected chi connectivity index (χ0v) is 21.1. The first-order valence-corrected chi connectivity index (χ1v) is 13.0. The predicted octanol–water partition coefficient (Wildman–Crippen LogP) is 4.24. The number of carbonyl (C=O) groups excluding carboxylic acids is 2. The molecule has 3 N–H and O–H groups in total. The summed E-state index contributed by atoms with van der Waals surface area (Å²) in [5.74, 6) is -2.01. The van der Waals surface area contributed by atoms with Crippen molar-refractivity contribution in [3.05, 3.63) is 96.1 Å². The van der Waals surface area contributed by atoms with Gasteiger partial charge in [-0.05, 0) is 45.5 Å². The molecule has 0 spiro atoms. The number of hydrogen-bond donors (Lipinski definition) is 3. The second-order valence-electron chi connectivity index (χ2n) is 9.85. The summed E-state index contributed by atoms with van der Waals surface area (Å²) in [4.78, 5) is 38.8. The van der Waals surface area contributed by atoms with Crippen molar-refractivity contribution in [2.75, 3.05) is 26.2 Å². The molecule has 0 unspecified atom stereocenters. The first-order valence-electron chi connectivity index (χ1n) is 13.0. The van der Waals surface area contributed by atoms with Crippen LogP contribution in [0.5, 0.6) is 0 Å². The summed E-state index contributed by atoms with van der Waals surface area (Å²) in [7, 11) is 0. The van der Waals surface area contributed by atoms with E-state index in [4.69, 9.17) is 0 Å².